The van der Waals surface area contributed by atoms with Crippen LogP contribution in [0.2, 0.25) is 0 Å². The molecule has 0 saturated heterocycles. The molecule has 2 atom stereocenters. The molecule has 2 aliphatic carbocycles. The van der Waals surface area contributed by atoms with Gasteiger partial charge in [0.15, 0.2) is 0 Å². The molecule has 124 valence electrons. The third-order valence-electron chi connectivity index (χ3n) is 5.40. The van der Waals surface area contributed by atoms with E-state index in [1.54, 1.807) is 22.3 Å². The summed E-state index contributed by atoms with van der Waals surface area (Å²) in [4.78, 5) is 0. The van der Waals surface area contributed by atoms with Gasteiger partial charge in [-0.05, 0) is 0 Å². The first-order valence-corrected chi connectivity index (χ1v) is 11.9. The summed E-state index contributed by atoms with van der Waals surface area (Å²) >= 11 is -1.80. The van der Waals surface area contributed by atoms with Gasteiger partial charge in [0.25, 0.3) is 0 Å². The van der Waals surface area contributed by atoms with Crippen LogP contribution in [0.15, 0.2) is 50.3 Å². The minimum Gasteiger partial charge on any atom is -0.147 e. The Bertz CT molecular complexity index is 723. The fourth-order valence-corrected chi connectivity index (χ4v) is 11.8. The smallest absolute Gasteiger partial charge is 0.147 e. The van der Waals surface area contributed by atoms with Crippen molar-refractivity contribution in [3.63, 3.8) is 0 Å². The summed E-state index contributed by atoms with van der Waals surface area (Å²) in [7, 11) is 0. The van der Waals surface area contributed by atoms with E-state index in [2.05, 4.69) is 74.7 Å². The van der Waals surface area contributed by atoms with Gasteiger partial charge in [0.1, 0.15) is 0 Å². The Kier molecular flexibility index (Phi) is 7.46. The molecule has 0 fully saturated rings. The van der Waals surface area contributed by atoms with Gasteiger partial charge in [0.05, 0.1) is 0 Å². The van der Waals surface area contributed by atoms with Gasteiger partial charge < -0.3 is 0 Å². The van der Waals surface area contributed by atoms with Crippen LogP contribution >= 0.6 is 24.8 Å². The van der Waals surface area contributed by atoms with E-state index in [4.69, 9.17) is 0 Å². The molecule has 0 spiro atoms. The van der Waals surface area contributed by atoms with Crippen LogP contribution in [0.1, 0.15) is 49.4 Å². The van der Waals surface area contributed by atoms with Crippen molar-refractivity contribution in [2.75, 3.05) is 0 Å². The standard InChI is InChI=1S/C9H7.C9H13.C2H4.2ClH.Zr/c1-2-5-9-7-3-6-8(9)4-1;1-6-5-7(2)9(4)8(6)3;1-2;;;/h1-7H;6H,1-4H3;1H,2H3;2*1H;. The number of allylic oxidation sites excluding steroid dienone is 5. The molecule has 23 heavy (non-hydrogen) atoms. The summed E-state index contributed by atoms with van der Waals surface area (Å²) in [5.41, 5.74) is 7.75. The normalized spacial score (nSPS) is 22.9. The predicted octanol–water partition coefficient (Wildman–Crippen LogP) is 6.30. The Hall–Kier alpha value is -0.227. The molecule has 0 saturated carbocycles. The Morgan fingerprint density at radius 1 is 1.00 bits per heavy atom. The summed E-state index contributed by atoms with van der Waals surface area (Å²) in [5.74, 6) is 0.664. The molecule has 3 heteroatoms. The summed E-state index contributed by atoms with van der Waals surface area (Å²) in [5, 5.41) is 0. The van der Waals surface area contributed by atoms with Gasteiger partial charge in [-0.25, -0.2) is 0 Å². The fraction of sp³-hybridized carbons (Fsp3) is 0.350. The SMILES string of the molecule is C/[CH]=[Zr](/[C]1=C(C)C(C)=C(C)C1C)[CH]1C=Cc2ccccc21.Cl.Cl. The van der Waals surface area contributed by atoms with Crippen LogP contribution in [0, 0.1) is 5.92 Å². The van der Waals surface area contributed by atoms with Crippen LogP contribution in [0.4, 0.5) is 0 Å². The number of rotatable bonds is 2. The Morgan fingerprint density at radius 2 is 1.65 bits per heavy atom. The maximum atomic E-state index is 2.60. The Balaban J connectivity index is 0.00000132. The van der Waals surface area contributed by atoms with Crippen LogP contribution in [0.25, 0.3) is 6.08 Å². The number of hydrogen-bond acceptors (Lipinski definition) is 0. The second kappa shape index (κ2) is 8.24. The first-order valence-electron chi connectivity index (χ1n) is 7.88. The first-order chi connectivity index (χ1) is 10.1. The van der Waals surface area contributed by atoms with Crippen molar-refractivity contribution in [2.24, 2.45) is 5.92 Å². The third-order valence-corrected chi connectivity index (χ3v) is 13.3. The van der Waals surface area contributed by atoms with Crippen molar-refractivity contribution in [3.05, 3.63) is 61.5 Å². The molecule has 0 amide bonds. The predicted molar refractivity (Wildman–Crippen MR) is 105 cm³/mol. The van der Waals surface area contributed by atoms with Crippen molar-refractivity contribution in [3.8, 4) is 0 Å². The van der Waals surface area contributed by atoms with Crippen LogP contribution in [0.3, 0.4) is 0 Å². The molecule has 0 nitrogen and oxygen atoms in total. The molecule has 1 aromatic rings. The van der Waals surface area contributed by atoms with Crippen molar-refractivity contribution in [1.82, 2.24) is 0 Å². The fourth-order valence-electron chi connectivity index (χ4n) is 3.85. The van der Waals surface area contributed by atoms with E-state index in [0.29, 0.717) is 9.54 Å². The molecule has 1 aromatic carbocycles. The summed E-state index contributed by atoms with van der Waals surface area (Å²) < 4.78 is 5.11. The summed E-state index contributed by atoms with van der Waals surface area (Å²) in [6.07, 6.45) is 4.82. The Morgan fingerprint density at radius 3 is 2.22 bits per heavy atom. The molecule has 2 unspecified atom stereocenters. The van der Waals surface area contributed by atoms with Crippen molar-refractivity contribution >= 4 is 34.6 Å². The molecule has 2 aliphatic rings. The van der Waals surface area contributed by atoms with Gasteiger partial charge in [0, 0.05) is 0 Å². The molecule has 0 N–H and O–H groups in total. The number of halogens is 2. The van der Waals surface area contributed by atoms with E-state index in [9.17, 15) is 0 Å². The molecule has 0 aromatic heterocycles. The minimum absolute atomic E-state index is 0. The molecular formula is C20H26Cl2Zr. The van der Waals surface area contributed by atoms with Gasteiger partial charge in [-0.15, -0.1) is 24.8 Å². The molecule has 0 bridgehead atoms. The van der Waals surface area contributed by atoms with Crippen molar-refractivity contribution < 1.29 is 21.3 Å². The third kappa shape index (κ3) is 3.44. The average Bonchev–Trinajstić information content (AvgIpc) is 3.00. The van der Waals surface area contributed by atoms with Gasteiger partial charge in [0.2, 0.25) is 0 Å². The van der Waals surface area contributed by atoms with Crippen molar-refractivity contribution in [1.29, 1.82) is 0 Å². The van der Waals surface area contributed by atoms with Gasteiger partial charge in [-0.3, -0.25) is 0 Å². The van der Waals surface area contributed by atoms with Crippen LogP contribution in [0.5, 0.6) is 0 Å². The topological polar surface area (TPSA) is 0 Å². The zero-order valence-electron chi connectivity index (χ0n) is 14.5. The van der Waals surface area contributed by atoms with E-state index in [0.717, 1.165) is 0 Å². The molecule has 3 rings (SSSR count). The maximum Gasteiger partial charge on any atom is -0.147 e. The number of benzene rings is 1. The minimum atomic E-state index is -1.80. The largest absolute Gasteiger partial charge is 0.147 e. The summed E-state index contributed by atoms with van der Waals surface area (Å²) in [6, 6.07) is 8.95. The quantitative estimate of drug-likeness (QED) is 0.519. The molecular weight excluding hydrogens is 402 g/mol. The molecule has 0 heterocycles. The van der Waals surface area contributed by atoms with Gasteiger partial charge in [-0.1, -0.05) is 0 Å². The zero-order chi connectivity index (χ0) is 15.1. The molecule has 0 radical (unpaired) electrons. The van der Waals surface area contributed by atoms with Crippen LogP contribution in [-0.4, -0.2) is 3.71 Å². The van der Waals surface area contributed by atoms with Gasteiger partial charge >= 0.3 is 137 Å². The summed E-state index contributed by atoms with van der Waals surface area (Å²) in [6.45, 7) is 11.7. The second-order valence-corrected chi connectivity index (χ2v) is 12.8. The van der Waals surface area contributed by atoms with E-state index in [-0.39, 0.29) is 24.8 Å². The van der Waals surface area contributed by atoms with Crippen LogP contribution < -0.4 is 0 Å². The number of hydrogen-bond donors (Lipinski definition) is 0. The van der Waals surface area contributed by atoms with E-state index in [1.807, 2.05) is 3.28 Å². The molecule has 0 aliphatic heterocycles. The van der Waals surface area contributed by atoms with E-state index < -0.39 is 21.3 Å². The van der Waals surface area contributed by atoms with Gasteiger partial charge in [-0.2, -0.15) is 0 Å². The monoisotopic (exact) mass is 426 g/mol. The van der Waals surface area contributed by atoms with Crippen LogP contribution in [-0.2, 0) is 21.3 Å². The van der Waals surface area contributed by atoms with E-state index >= 15 is 0 Å². The second-order valence-electron chi connectivity index (χ2n) is 6.28. The van der Waals surface area contributed by atoms with E-state index in [1.165, 1.54) is 5.56 Å². The van der Waals surface area contributed by atoms with Crippen molar-refractivity contribution in [2.45, 2.75) is 38.2 Å². The number of fused-ring (bicyclic) bond motifs is 1. The Labute approximate surface area is 160 Å². The maximum absolute atomic E-state index is 2.60. The average molecular weight is 429 g/mol. The zero-order valence-corrected chi connectivity index (χ0v) is 18.6. The first kappa shape index (κ1) is 20.8.